The first-order chi connectivity index (χ1) is 10.9. The molecule has 1 heterocycles. The van der Waals surface area contributed by atoms with Crippen molar-refractivity contribution in [2.45, 2.75) is 57.6 Å². The van der Waals surface area contributed by atoms with Crippen molar-refractivity contribution in [2.24, 2.45) is 5.92 Å². The fraction of sp³-hybridized carbons (Fsp3) is 0.647. The summed E-state index contributed by atoms with van der Waals surface area (Å²) in [6.07, 6.45) is 5.18. The normalized spacial score (nSPS) is 19.6. The van der Waals surface area contributed by atoms with Crippen molar-refractivity contribution in [3.05, 3.63) is 22.4 Å². The van der Waals surface area contributed by atoms with Crippen LogP contribution in [0, 0.1) is 5.92 Å². The molecule has 1 aliphatic rings. The molecule has 0 spiro atoms. The second kappa shape index (κ2) is 7.93. The topological polar surface area (TPSA) is 78.4 Å². The van der Waals surface area contributed by atoms with E-state index in [9.17, 15) is 14.7 Å². The minimum Gasteiger partial charge on any atom is -0.384 e. The van der Waals surface area contributed by atoms with Crippen LogP contribution in [0.5, 0.6) is 0 Å². The number of carbonyl (C=O) groups is 2. The highest BCUT2D eigenvalue weighted by Crippen LogP contribution is 2.24. The third kappa shape index (κ3) is 5.04. The lowest BCUT2D eigenvalue weighted by atomic mass is 9.88. The molecule has 0 saturated heterocycles. The SMILES string of the molecule is C[C@H](NC(=O)C1CCCCC1)C(=O)NC[C@](C)(O)c1ccsc1. The second-order valence-corrected chi connectivity index (χ2v) is 7.35. The highest BCUT2D eigenvalue weighted by molar-refractivity contribution is 7.08. The maximum Gasteiger partial charge on any atom is 0.242 e. The van der Waals surface area contributed by atoms with E-state index in [4.69, 9.17) is 0 Å². The van der Waals surface area contributed by atoms with Gasteiger partial charge in [-0.1, -0.05) is 19.3 Å². The Kier molecular flexibility index (Phi) is 6.18. The second-order valence-electron chi connectivity index (χ2n) is 6.57. The van der Waals surface area contributed by atoms with Gasteiger partial charge in [-0.2, -0.15) is 11.3 Å². The zero-order valence-corrected chi connectivity index (χ0v) is 14.6. The molecule has 1 aromatic rings. The van der Waals surface area contributed by atoms with Crippen molar-refractivity contribution in [3.8, 4) is 0 Å². The zero-order chi connectivity index (χ0) is 16.9. The molecule has 0 aromatic carbocycles. The van der Waals surface area contributed by atoms with E-state index >= 15 is 0 Å². The molecule has 128 valence electrons. The Bertz CT molecular complexity index is 522. The average Bonchev–Trinajstić information content (AvgIpc) is 3.08. The molecule has 2 amide bonds. The lowest BCUT2D eigenvalue weighted by Gasteiger charge is -2.25. The zero-order valence-electron chi connectivity index (χ0n) is 13.8. The summed E-state index contributed by atoms with van der Waals surface area (Å²) in [5.74, 6) is -0.269. The molecule has 1 aromatic heterocycles. The average molecular weight is 338 g/mol. The number of hydrogen-bond acceptors (Lipinski definition) is 4. The fourth-order valence-electron chi connectivity index (χ4n) is 2.85. The van der Waals surface area contributed by atoms with Crippen LogP contribution in [-0.2, 0) is 15.2 Å². The van der Waals surface area contributed by atoms with E-state index in [0.717, 1.165) is 31.2 Å². The van der Waals surface area contributed by atoms with Crippen LogP contribution in [0.15, 0.2) is 16.8 Å². The van der Waals surface area contributed by atoms with Gasteiger partial charge in [-0.15, -0.1) is 0 Å². The van der Waals surface area contributed by atoms with Gasteiger partial charge in [-0.25, -0.2) is 0 Å². The smallest absolute Gasteiger partial charge is 0.242 e. The summed E-state index contributed by atoms with van der Waals surface area (Å²) in [6, 6.07) is 1.24. The van der Waals surface area contributed by atoms with E-state index in [-0.39, 0.29) is 24.3 Å². The molecule has 2 atom stereocenters. The summed E-state index contributed by atoms with van der Waals surface area (Å²) in [6.45, 7) is 3.46. The van der Waals surface area contributed by atoms with Crippen molar-refractivity contribution in [2.75, 3.05) is 6.54 Å². The monoisotopic (exact) mass is 338 g/mol. The Morgan fingerprint density at radius 1 is 1.39 bits per heavy atom. The summed E-state index contributed by atoms with van der Waals surface area (Å²) in [5.41, 5.74) is -0.329. The van der Waals surface area contributed by atoms with Gasteiger partial charge >= 0.3 is 0 Å². The van der Waals surface area contributed by atoms with Gasteiger partial charge in [-0.3, -0.25) is 9.59 Å². The van der Waals surface area contributed by atoms with Crippen LogP contribution in [-0.4, -0.2) is 29.5 Å². The van der Waals surface area contributed by atoms with Crippen molar-refractivity contribution in [1.29, 1.82) is 0 Å². The maximum atomic E-state index is 12.2. The third-order valence-electron chi connectivity index (χ3n) is 4.48. The molecule has 2 rings (SSSR count). The summed E-state index contributed by atoms with van der Waals surface area (Å²) in [7, 11) is 0. The van der Waals surface area contributed by atoms with Crippen molar-refractivity contribution >= 4 is 23.2 Å². The lowest BCUT2D eigenvalue weighted by molar-refractivity contribution is -0.131. The molecule has 1 fully saturated rings. The van der Waals surface area contributed by atoms with Crippen LogP contribution in [0.3, 0.4) is 0 Å². The number of aliphatic hydroxyl groups is 1. The van der Waals surface area contributed by atoms with Gasteiger partial charge in [0.2, 0.25) is 11.8 Å². The van der Waals surface area contributed by atoms with Crippen molar-refractivity contribution in [3.63, 3.8) is 0 Å². The quantitative estimate of drug-likeness (QED) is 0.744. The summed E-state index contributed by atoms with van der Waals surface area (Å²) in [5, 5.41) is 19.7. The number of nitrogens with one attached hydrogen (secondary N) is 2. The van der Waals surface area contributed by atoms with Gasteiger partial charge < -0.3 is 15.7 Å². The number of hydrogen-bond donors (Lipinski definition) is 3. The summed E-state index contributed by atoms with van der Waals surface area (Å²) >= 11 is 1.50. The number of thiophene rings is 1. The van der Waals surface area contributed by atoms with E-state index in [1.54, 1.807) is 13.8 Å². The third-order valence-corrected chi connectivity index (χ3v) is 5.16. The molecule has 3 N–H and O–H groups in total. The van der Waals surface area contributed by atoms with Gasteiger partial charge in [0.25, 0.3) is 0 Å². The predicted octanol–water partition coefficient (Wildman–Crippen LogP) is 2.16. The molecule has 5 nitrogen and oxygen atoms in total. The number of rotatable bonds is 6. The lowest BCUT2D eigenvalue weighted by Crippen LogP contribution is -2.49. The van der Waals surface area contributed by atoms with E-state index in [0.29, 0.717) is 0 Å². The molecule has 23 heavy (non-hydrogen) atoms. The number of amides is 2. The highest BCUT2D eigenvalue weighted by Gasteiger charge is 2.27. The first kappa shape index (κ1) is 17.9. The largest absolute Gasteiger partial charge is 0.384 e. The van der Waals surface area contributed by atoms with Crippen LogP contribution in [0.4, 0.5) is 0 Å². The van der Waals surface area contributed by atoms with Gasteiger partial charge in [0.15, 0.2) is 0 Å². The molecule has 0 aliphatic heterocycles. The van der Waals surface area contributed by atoms with Crippen molar-refractivity contribution < 1.29 is 14.7 Å². The van der Waals surface area contributed by atoms with Gasteiger partial charge in [0, 0.05) is 5.92 Å². The molecule has 1 saturated carbocycles. The van der Waals surface area contributed by atoms with Crippen molar-refractivity contribution in [1.82, 2.24) is 10.6 Å². The van der Waals surface area contributed by atoms with Crippen LogP contribution in [0.2, 0.25) is 0 Å². The Hall–Kier alpha value is -1.40. The molecule has 0 unspecified atom stereocenters. The minimum absolute atomic E-state index is 0.0306. The van der Waals surface area contributed by atoms with Crippen LogP contribution in [0.25, 0.3) is 0 Å². The Balaban J connectivity index is 1.79. The first-order valence-corrected chi connectivity index (χ1v) is 9.17. The molecule has 0 radical (unpaired) electrons. The van der Waals surface area contributed by atoms with E-state index in [2.05, 4.69) is 10.6 Å². The van der Waals surface area contributed by atoms with Crippen LogP contribution in [0.1, 0.15) is 51.5 Å². The Morgan fingerprint density at radius 3 is 2.70 bits per heavy atom. The van der Waals surface area contributed by atoms with E-state index < -0.39 is 11.6 Å². The predicted molar refractivity (Wildman–Crippen MR) is 91.1 cm³/mol. The molecule has 1 aliphatic carbocycles. The van der Waals surface area contributed by atoms with Gasteiger partial charge in [0.05, 0.1) is 6.54 Å². The van der Waals surface area contributed by atoms with Crippen LogP contribution >= 0.6 is 11.3 Å². The summed E-state index contributed by atoms with van der Waals surface area (Å²) < 4.78 is 0. The number of carbonyl (C=O) groups excluding carboxylic acids is 2. The molecular formula is C17H26N2O3S. The van der Waals surface area contributed by atoms with Gasteiger partial charge in [0.1, 0.15) is 11.6 Å². The molecule has 6 heteroatoms. The van der Waals surface area contributed by atoms with E-state index in [1.165, 1.54) is 17.8 Å². The fourth-order valence-corrected chi connectivity index (χ4v) is 3.63. The minimum atomic E-state index is -1.11. The van der Waals surface area contributed by atoms with E-state index in [1.807, 2.05) is 16.8 Å². The Labute approximate surface area is 141 Å². The van der Waals surface area contributed by atoms with Crippen LogP contribution < -0.4 is 10.6 Å². The Morgan fingerprint density at radius 2 is 2.09 bits per heavy atom. The molecular weight excluding hydrogens is 312 g/mol. The maximum absolute atomic E-state index is 12.2. The first-order valence-electron chi connectivity index (χ1n) is 8.23. The summed E-state index contributed by atoms with van der Waals surface area (Å²) in [4.78, 5) is 24.3. The molecule has 0 bridgehead atoms. The highest BCUT2D eigenvalue weighted by atomic mass is 32.1. The standard InChI is InChI=1S/C17H26N2O3S/c1-12(19-16(21)13-6-4-3-5-7-13)15(20)18-11-17(2,22)14-8-9-23-10-14/h8-10,12-13,22H,3-7,11H2,1-2H3,(H,18,20)(H,19,21)/t12-,17-/m0/s1. The van der Waals surface area contributed by atoms with Gasteiger partial charge in [-0.05, 0) is 49.1 Å².